The van der Waals surface area contributed by atoms with Crippen LogP contribution in [0.1, 0.15) is 46.0 Å². The van der Waals surface area contributed by atoms with Crippen molar-refractivity contribution >= 4 is 11.7 Å². The fourth-order valence-electron chi connectivity index (χ4n) is 3.48. The summed E-state index contributed by atoms with van der Waals surface area (Å²) < 4.78 is 5.35. The SMILES string of the molecule is CCC1CCC(C)N1C(=O)C1(C(N)=NO)CCOCC1. The van der Waals surface area contributed by atoms with Crippen molar-refractivity contribution in [2.24, 2.45) is 16.3 Å². The molecule has 2 aliphatic rings. The molecule has 0 spiro atoms. The zero-order chi connectivity index (χ0) is 14.8. The quantitative estimate of drug-likeness (QED) is 0.354. The summed E-state index contributed by atoms with van der Waals surface area (Å²) in [6, 6.07) is 0.488. The van der Waals surface area contributed by atoms with Crippen molar-refractivity contribution in [2.75, 3.05) is 13.2 Å². The fourth-order valence-corrected chi connectivity index (χ4v) is 3.48. The Labute approximate surface area is 119 Å². The Morgan fingerprint density at radius 3 is 2.65 bits per heavy atom. The molecule has 114 valence electrons. The average Bonchev–Trinajstić information content (AvgIpc) is 2.87. The highest BCUT2D eigenvalue weighted by molar-refractivity contribution is 6.07. The summed E-state index contributed by atoms with van der Waals surface area (Å²) in [6.45, 7) is 5.12. The van der Waals surface area contributed by atoms with Crippen molar-refractivity contribution < 1.29 is 14.7 Å². The van der Waals surface area contributed by atoms with Gasteiger partial charge in [0, 0.05) is 25.3 Å². The number of oxime groups is 1. The van der Waals surface area contributed by atoms with Gasteiger partial charge < -0.3 is 20.6 Å². The molecule has 2 aliphatic heterocycles. The molecule has 0 aromatic heterocycles. The number of amides is 1. The van der Waals surface area contributed by atoms with Gasteiger partial charge in [0.25, 0.3) is 0 Å². The van der Waals surface area contributed by atoms with E-state index in [1.807, 2.05) is 4.90 Å². The largest absolute Gasteiger partial charge is 0.409 e. The number of amidine groups is 1. The second kappa shape index (κ2) is 5.99. The first-order valence-electron chi connectivity index (χ1n) is 7.45. The van der Waals surface area contributed by atoms with Gasteiger partial charge in [0.2, 0.25) is 5.91 Å². The first-order chi connectivity index (χ1) is 9.56. The topological polar surface area (TPSA) is 88.2 Å². The number of carbonyl (C=O) groups is 1. The van der Waals surface area contributed by atoms with E-state index in [0.717, 1.165) is 19.3 Å². The van der Waals surface area contributed by atoms with E-state index < -0.39 is 5.41 Å². The first-order valence-corrected chi connectivity index (χ1v) is 7.45. The van der Waals surface area contributed by atoms with Gasteiger partial charge in [-0.3, -0.25) is 4.79 Å². The number of hydrogen-bond acceptors (Lipinski definition) is 4. The normalized spacial score (nSPS) is 30.5. The third kappa shape index (κ3) is 2.37. The van der Waals surface area contributed by atoms with Gasteiger partial charge >= 0.3 is 0 Å². The maximum Gasteiger partial charge on any atom is 0.237 e. The van der Waals surface area contributed by atoms with Gasteiger partial charge in [-0.25, -0.2) is 0 Å². The van der Waals surface area contributed by atoms with Crippen LogP contribution in [-0.4, -0.2) is 47.1 Å². The Kier molecular flexibility index (Phi) is 4.52. The second-order valence-corrected chi connectivity index (χ2v) is 5.88. The summed E-state index contributed by atoms with van der Waals surface area (Å²) in [5.41, 5.74) is 4.99. The molecule has 0 aromatic rings. The predicted molar refractivity (Wildman–Crippen MR) is 75.5 cm³/mol. The summed E-state index contributed by atoms with van der Waals surface area (Å²) in [4.78, 5) is 15.1. The molecule has 20 heavy (non-hydrogen) atoms. The molecular weight excluding hydrogens is 258 g/mol. The number of rotatable bonds is 3. The lowest BCUT2D eigenvalue weighted by Gasteiger charge is -2.40. The zero-order valence-electron chi connectivity index (χ0n) is 12.3. The predicted octanol–water partition coefficient (Wildman–Crippen LogP) is 1.32. The molecule has 0 aromatic carbocycles. The van der Waals surface area contributed by atoms with Gasteiger partial charge in [-0.05, 0) is 39.0 Å². The molecule has 2 saturated heterocycles. The molecule has 2 atom stereocenters. The van der Waals surface area contributed by atoms with Crippen molar-refractivity contribution in [3.05, 3.63) is 0 Å². The molecule has 6 nitrogen and oxygen atoms in total. The Balaban J connectivity index is 2.31. The van der Waals surface area contributed by atoms with E-state index in [4.69, 9.17) is 15.7 Å². The van der Waals surface area contributed by atoms with Crippen LogP contribution in [0.15, 0.2) is 5.16 Å². The molecule has 2 unspecified atom stereocenters. The van der Waals surface area contributed by atoms with Gasteiger partial charge in [0.15, 0.2) is 5.84 Å². The number of carbonyl (C=O) groups excluding carboxylic acids is 1. The standard InChI is InChI=1S/C14H25N3O3/c1-3-11-5-4-10(2)17(11)13(18)14(12(15)16-19)6-8-20-9-7-14/h10-11,19H,3-9H2,1-2H3,(H2,15,16). The minimum atomic E-state index is -0.890. The molecule has 1 amide bonds. The van der Waals surface area contributed by atoms with E-state index in [1.54, 1.807) is 0 Å². The van der Waals surface area contributed by atoms with E-state index in [1.165, 1.54) is 0 Å². The smallest absolute Gasteiger partial charge is 0.237 e. The molecule has 6 heteroatoms. The van der Waals surface area contributed by atoms with Crippen molar-refractivity contribution in [1.82, 2.24) is 4.90 Å². The highest BCUT2D eigenvalue weighted by atomic mass is 16.5. The Hall–Kier alpha value is -1.30. The van der Waals surface area contributed by atoms with E-state index in [0.29, 0.717) is 26.1 Å². The number of ether oxygens (including phenoxy) is 1. The molecule has 2 heterocycles. The molecule has 2 fully saturated rings. The zero-order valence-corrected chi connectivity index (χ0v) is 12.3. The summed E-state index contributed by atoms with van der Waals surface area (Å²) in [5, 5.41) is 12.2. The lowest BCUT2D eigenvalue weighted by atomic mass is 9.77. The highest BCUT2D eigenvalue weighted by Crippen LogP contribution is 2.38. The van der Waals surface area contributed by atoms with Crippen molar-refractivity contribution in [3.8, 4) is 0 Å². The minimum Gasteiger partial charge on any atom is -0.409 e. The molecule has 0 saturated carbocycles. The number of nitrogens with two attached hydrogens (primary N) is 1. The Bertz CT molecular complexity index is 391. The molecular formula is C14H25N3O3. The van der Waals surface area contributed by atoms with E-state index in [9.17, 15) is 4.79 Å². The summed E-state index contributed by atoms with van der Waals surface area (Å²) in [6.07, 6.45) is 3.97. The molecule has 0 aliphatic carbocycles. The Morgan fingerprint density at radius 1 is 1.45 bits per heavy atom. The van der Waals surface area contributed by atoms with Crippen molar-refractivity contribution in [1.29, 1.82) is 0 Å². The third-order valence-electron chi connectivity index (χ3n) is 4.85. The highest BCUT2D eigenvalue weighted by Gasteiger charge is 2.49. The van der Waals surface area contributed by atoms with Crippen LogP contribution < -0.4 is 5.73 Å². The fraction of sp³-hybridized carbons (Fsp3) is 0.857. The number of hydrogen-bond donors (Lipinski definition) is 2. The van der Waals surface area contributed by atoms with Crippen LogP contribution in [0.25, 0.3) is 0 Å². The monoisotopic (exact) mass is 283 g/mol. The third-order valence-corrected chi connectivity index (χ3v) is 4.85. The van der Waals surface area contributed by atoms with Crippen LogP contribution in [-0.2, 0) is 9.53 Å². The van der Waals surface area contributed by atoms with Crippen molar-refractivity contribution in [3.63, 3.8) is 0 Å². The van der Waals surface area contributed by atoms with E-state index in [-0.39, 0.29) is 23.8 Å². The average molecular weight is 283 g/mol. The molecule has 3 N–H and O–H groups in total. The van der Waals surface area contributed by atoms with Crippen LogP contribution in [0.5, 0.6) is 0 Å². The number of likely N-dealkylation sites (tertiary alicyclic amines) is 1. The van der Waals surface area contributed by atoms with Crippen LogP contribution in [0.2, 0.25) is 0 Å². The van der Waals surface area contributed by atoms with Crippen LogP contribution in [0, 0.1) is 5.41 Å². The van der Waals surface area contributed by atoms with E-state index in [2.05, 4.69) is 19.0 Å². The maximum atomic E-state index is 13.1. The van der Waals surface area contributed by atoms with Crippen molar-refractivity contribution in [2.45, 2.75) is 58.0 Å². The first kappa shape index (κ1) is 15.1. The molecule has 2 rings (SSSR count). The summed E-state index contributed by atoms with van der Waals surface area (Å²) in [5.74, 6) is 0.0349. The van der Waals surface area contributed by atoms with Crippen LogP contribution in [0.4, 0.5) is 0 Å². The summed E-state index contributed by atoms with van der Waals surface area (Å²) in [7, 11) is 0. The number of nitrogens with zero attached hydrogens (tertiary/aromatic N) is 2. The van der Waals surface area contributed by atoms with E-state index >= 15 is 0 Å². The maximum absolute atomic E-state index is 13.1. The van der Waals surface area contributed by atoms with Crippen LogP contribution >= 0.6 is 0 Å². The second-order valence-electron chi connectivity index (χ2n) is 5.88. The molecule has 0 bridgehead atoms. The van der Waals surface area contributed by atoms with Gasteiger partial charge in [-0.1, -0.05) is 12.1 Å². The van der Waals surface area contributed by atoms with Gasteiger partial charge in [-0.2, -0.15) is 0 Å². The van der Waals surface area contributed by atoms with Gasteiger partial charge in [0.1, 0.15) is 5.41 Å². The summed E-state index contributed by atoms with van der Waals surface area (Å²) >= 11 is 0. The van der Waals surface area contributed by atoms with Gasteiger partial charge in [-0.15, -0.1) is 0 Å². The molecule has 0 radical (unpaired) electrons. The minimum absolute atomic E-state index is 0.00736. The lowest BCUT2D eigenvalue weighted by Crippen LogP contribution is -2.56. The Morgan fingerprint density at radius 2 is 2.10 bits per heavy atom. The van der Waals surface area contributed by atoms with Crippen LogP contribution in [0.3, 0.4) is 0 Å². The van der Waals surface area contributed by atoms with Gasteiger partial charge in [0.05, 0.1) is 0 Å². The lowest BCUT2D eigenvalue weighted by molar-refractivity contribution is -0.145.